The van der Waals surface area contributed by atoms with Gasteiger partial charge in [0, 0.05) is 12.8 Å². The first-order valence-electron chi connectivity index (χ1n) is 18.4. The maximum Gasteiger partial charge on any atom is 0.306 e. The fourth-order valence-electron chi connectivity index (χ4n) is 5.37. The fourth-order valence-corrected chi connectivity index (χ4v) is 5.37. The van der Waals surface area contributed by atoms with E-state index < -0.39 is 55.4 Å². The Balaban J connectivity index is 2.16. The van der Waals surface area contributed by atoms with Crippen LogP contribution in [0.3, 0.4) is 0 Å². The van der Waals surface area contributed by atoms with E-state index in [0.29, 0.717) is 12.8 Å². The van der Waals surface area contributed by atoms with E-state index in [9.17, 15) is 30.0 Å². The smallest absolute Gasteiger partial charge is 0.306 e. The van der Waals surface area contributed by atoms with Gasteiger partial charge in [0.25, 0.3) is 0 Å². The van der Waals surface area contributed by atoms with Gasteiger partial charge in [0.15, 0.2) is 12.4 Å². The molecule has 0 aromatic rings. The van der Waals surface area contributed by atoms with E-state index in [1.807, 2.05) is 6.92 Å². The molecule has 6 unspecified atom stereocenters. The van der Waals surface area contributed by atoms with E-state index in [1.54, 1.807) is 0 Å². The lowest BCUT2D eigenvalue weighted by Crippen LogP contribution is -2.59. The third-order valence-corrected chi connectivity index (χ3v) is 8.31. The zero-order valence-electron chi connectivity index (χ0n) is 29.3. The minimum atomic E-state index is -1.59. The molecule has 10 heteroatoms. The Morgan fingerprint density at radius 2 is 1.23 bits per heavy atom. The molecule has 0 aromatic heterocycles. The molecule has 0 bridgehead atoms. The molecule has 0 saturated carbocycles. The number of esters is 2. The summed E-state index contributed by atoms with van der Waals surface area (Å²) < 4.78 is 21.6. The lowest BCUT2D eigenvalue weighted by molar-refractivity contribution is -0.305. The normalized spacial score (nSPS) is 22.2. The Morgan fingerprint density at radius 3 is 1.81 bits per heavy atom. The van der Waals surface area contributed by atoms with Gasteiger partial charge in [-0.05, 0) is 44.9 Å². The molecule has 0 aromatic carbocycles. The van der Waals surface area contributed by atoms with Crippen LogP contribution in [-0.2, 0) is 28.5 Å². The summed E-state index contributed by atoms with van der Waals surface area (Å²) in [4.78, 5) is 24.4. The van der Waals surface area contributed by atoms with E-state index in [0.717, 1.165) is 32.1 Å². The zero-order valence-corrected chi connectivity index (χ0v) is 29.3. The van der Waals surface area contributed by atoms with E-state index in [-0.39, 0.29) is 26.1 Å². The molecule has 6 atom stereocenters. The summed E-state index contributed by atoms with van der Waals surface area (Å²) in [7, 11) is 0. The van der Waals surface area contributed by atoms with Crippen molar-refractivity contribution in [3.8, 4) is 0 Å². The Kier molecular flexibility index (Phi) is 26.8. The van der Waals surface area contributed by atoms with Crippen LogP contribution in [0.2, 0.25) is 0 Å². The third-order valence-electron chi connectivity index (χ3n) is 8.31. The van der Waals surface area contributed by atoms with Gasteiger partial charge in [-0.1, -0.05) is 109 Å². The van der Waals surface area contributed by atoms with Gasteiger partial charge in [-0.15, -0.1) is 0 Å². The zero-order chi connectivity index (χ0) is 34.5. The molecule has 274 valence electrons. The molecule has 0 amide bonds. The summed E-state index contributed by atoms with van der Waals surface area (Å²) in [5.41, 5.74) is 0. The second-order valence-corrected chi connectivity index (χ2v) is 12.7. The lowest BCUT2D eigenvalue weighted by Gasteiger charge is -2.39. The molecular formula is C37H66O10. The molecule has 0 radical (unpaired) electrons. The second-order valence-electron chi connectivity index (χ2n) is 12.7. The van der Waals surface area contributed by atoms with E-state index in [4.69, 9.17) is 18.9 Å². The van der Waals surface area contributed by atoms with Crippen LogP contribution in [0.4, 0.5) is 0 Å². The molecule has 0 aliphatic carbocycles. The van der Waals surface area contributed by atoms with Gasteiger partial charge < -0.3 is 39.4 Å². The first-order valence-corrected chi connectivity index (χ1v) is 18.4. The number of carbonyl (C=O) groups is 2. The van der Waals surface area contributed by atoms with Crippen LogP contribution < -0.4 is 0 Å². The van der Waals surface area contributed by atoms with Crippen molar-refractivity contribution >= 4 is 11.9 Å². The SMILES string of the molecule is CCCCCCC/C=C\C/C=C\CCCCCCCCCCCC(=O)OC(COC(=O)CCC)COC1OC(CO)C(O)C(O)C1O. The number of carbonyl (C=O) groups excluding carboxylic acids is 2. The van der Waals surface area contributed by atoms with Crippen LogP contribution >= 0.6 is 0 Å². The van der Waals surface area contributed by atoms with Crippen molar-refractivity contribution in [3.05, 3.63) is 24.3 Å². The van der Waals surface area contributed by atoms with E-state index in [2.05, 4.69) is 31.2 Å². The number of hydrogen-bond acceptors (Lipinski definition) is 10. The number of aliphatic hydroxyl groups is 4. The van der Waals surface area contributed by atoms with Gasteiger partial charge in [-0.2, -0.15) is 0 Å². The lowest BCUT2D eigenvalue weighted by atomic mass is 9.99. The number of ether oxygens (including phenoxy) is 4. The topological polar surface area (TPSA) is 152 Å². The van der Waals surface area contributed by atoms with Gasteiger partial charge in [-0.25, -0.2) is 0 Å². The van der Waals surface area contributed by atoms with E-state index >= 15 is 0 Å². The van der Waals surface area contributed by atoms with Crippen LogP contribution in [0.25, 0.3) is 0 Å². The number of unbranched alkanes of at least 4 members (excludes halogenated alkanes) is 14. The van der Waals surface area contributed by atoms with Crippen molar-refractivity contribution in [2.45, 2.75) is 179 Å². The molecule has 1 rings (SSSR count). The van der Waals surface area contributed by atoms with Crippen molar-refractivity contribution in [1.29, 1.82) is 0 Å². The van der Waals surface area contributed by atoms with Gasteiger partial charge >= 0.3 is 11.9 Å². The number of allylic oxidation sites excluding steroid dienone is 4. The van der Waals surface area contributed by atoms with Crippen molar-refractivity contribution in [2.75, 3.05) is 19.8 Å². The predicted molar refractivity (Wildman–Crippen MR) is 183 cm³/mol. The number of hydrogen-bond donors (Lipinski definition) is 4. The Morgan fingerprint density at radius 1 is 0.660 bits per heavy atom. The van der Waals surface area contributed by atoms with Gasteiger partial charge in [0.05, 0.1) is 13.2 Å². The standard InChI is InChI=1S/C37H66O10/c1-3-5-6-7-8-9-10-11-12-13-14-15-16-17-18-19-20-21-22-23-24-26-33(40)46-30(28-44-32(39)25-4-2)29-45-37-36(43)35(42)34(41)31(27-38)47-37/h10-11,13-14,30-31,34-38,41-43H,3-9,12,15-29H2,1-2H3/b11-10-,14-13-. The molecule has 1 heterocycles. The fraction of sp³-hybridized carbons (Fsp3) is 0.838. The summed E-state index contributed by atoms with van der Waals surface area (Å²) in [6.07, 6.45) is 22.2. The third kappa shape index (κ3) is 21.7. The highest BCUT2D eigenvalue weighted by molar-refractivity contribution is 5.70. The number of aliphatic hydroxyl groups excluding tert-OH is 4. The Hall–Kier alpha value is -1.82. The van der Waals surface area contributed by atoms with Crippen LogP contribution in [0.15, 0.2) is 24.3 Å². The van der Waals surface area contributed by atoms with Crippen LogP contribution in [0, 0.1) is 0 Å². The monoisotopic (exact) mass is 670 g/mol. The van der Waals surface area contributed by atoms with Crippen molar-refractivity contribution in [3.63, 3.8) is 0 Å². The van der Waals surface area contributed by atoms with Crippen molar-refractivity contribution < 1.29 is 49.0 Å². The number of rotatable bonds is 29. The quantitative estimate of drug-likeness (QED) is 0.0411. The Bertz CT molecular complexity index is 830. The molecule has 1 saturated heterocycles. The molecule has 1 aliphatic heterocycles. The molecular weight excluding hydrogens is 604 g/mol. The summed E-state index contributed by atoms with van der Waals surface area (Å²) in [6, 6.07) is 0. The van der Waals surface area contributed by atoms with Crippen LogP contribution in [0.5, 0.6) is 0 Å². The molecule has 1 fully saturated rings. The van der Waals surface area contributed by atoms with Crippen LogP contribution in [-0.4, -0.2) is 89.0 Å². The van der Waals surface area contributed by atoms with Gasteiger partial charge in [-0.3, -0.25) is 9.59 Å². The molecule has 0 spiro atoms. The van der Waals surface area contributed by atoms with Crippen molar-refractivity contribution in [2.24, 2.45) is 0 Å². The minimum Gasteiger partial charge on any atom is -0.462 e. The van der Waals surface area contributed by atoms with Gasteiger partial charge in [0.1, 0.15) is 31.0 Å². The first-order chi connectivity index (χ1) is 22.8. The Labute approximate surface area is 283 Å². The maximum absolute atomic E-state index is 12.5. The summed E-state index contributed by atoms with van der Waals surface area (Å²) in [5.74, 6) is -0.873. The van der Waals surface area contributed by atoms with E-state index in [1.165, 1.54) is 70.6 Å². The molecule has 1 aliphatic rings. The highest BCUT2D eigenvalue weighted by Crippen LogP contribution is 2.22. The average Bonchev–Trinajstić information content (AvgIpc) is 3.06. The summed E-state index contributed by atoms with van der Waals surface area (Å²) >= 11 is 0. The minimum absolute atomic E-state index is 0.224. The first kappa shape index (κ1) is 43.2. The predicted octanol–water partition coefficient (Wildman–Crippen LogP) is 6.21. The highest BCUT2D eigenvalue weighted by Gasteiger charge is 2.44. The van der Waals surface area contributed by atoms with Gasteiger partial charge in [0.2, 0.25) is 0 Å². The van der Waals surface area contributed by atoms with Crippen LogP contribution in [0.1, 0.15) is 142 Å². The molecule has 10 nitrogen and oxygen atoms in total. The van der Waals surface area contributed by atoms with Crippen molar-refractivity contribution in [1.82, 2.24) is 0 Å². The largest absolute Gasteiger partial charge is 0.462 e. The average molecular weight is 671 g/mol. The summed E-state index contributed by atoms with van der Waals surface area (Å²) in [5, 5.41) is 39.5. The molecule has 4 N–H and O–H groups in total. The molecule has 47 heavy (non-hydrogen) atoms. The maximum atomic E-state index is 12.5. The highest BCUT2D eigenvalue weighted by atomic mass is 16.7. The summed E-state index contributed by atoms with van der Waals surface area (Å²) in [6.45, 7) is 3.00. The second kappa shape index (κ2) is 29.1.